The molecule has 0 atom stereocenters. The molecular weight excluding hydrogens is 455 g/mol. The molecule has 3 aromatic rings. The SMILES string of the molecule is CCOc1nn(-c2ccc(C(F)(F)F)cn2)cc1CCOc1ccc(CCC(=O)O)c(OC)c1. The van der Waals surface area contributed by atoms with E-state index in [1.807, 2.05) is 0 Å². The molecule has 11 heteroatoms. The number of hydrogen-bond donors (Lipinski definition) is 1. The standard InChI is InChI=1S/C23H24F3N3O5/c1-3-33-22-16(14-29(28-22)20-8-6-17(13-27-20)23(24,25)26)10-11-34-18-7-4-15(5-9-21(30)31)19(12-18)32-2/h4,6-8,12-14H,3,5,9-11H2,1-2H3,(H,30,31). The van der Waals surface area contributed by atoms with Crippen LogP contribution in [0.2, 0.25) is 0 Å². The van der Waals surface area contributed by atoms with E-state index in [1.54, 1.807) is 31.3 Å². The van der Waals surface area contributed by atoms with Crippen molar-refractivity contribution in [3.8, 4) is 23.2 Å². The minimum atomic E-state index is -4.47. The fraction of sp³-hybridized carbons (Fsp3) is 0.348. The number of aliphatic carboxylic acids is 1. The summed E-state index contributed by atoms with van der Waals surface area (Å²) >= 11 is 0. The van der Waals surface area contributed by atoms with Crippen LogP contribution >= 0.6 is 0 Å². The number of methoxy groups -OCH3 is 1. The second-order valence-corrected chi connectivity index (χ2v) is 7.21. The van der Waals surface area contributed by atoms with Crippen LogP contribution in [0.15, 0.2) is 42.7 Å². The molecule has 0 aliphatic carbocycles. The van der Waals surface area contributed by atoms with Crippen molar-refractivity contribution in [2.75, 3.05) is 20.3 Å². The number of carboxylic acids is 1. The van der Waals surface area contributed by atoms with Gasteiger partial charge >= 0.3 is 12.1 Å². The van der Waals surface area contributed by atoms with Crippen molar-refractivity contribution in [3.63, 3.8) is 0 Å². The Kier molecular flexibility index (Phi) is 7.98. The molecule has 0 fully saturated rings. The van der Waals surface area contributed by atoms with Crippen LogP contribution in [0.5, 0.6) is 17.4 Å². The third-order valence-corrected chi connectivity index (χ3v) is 4.85. The highest BCUT2D eigenvalue weighted by Crippen LogP contribution is 2.29. The molecule has 182 valence electrons. The molecule has 1 N–H and O–H groups in total. The summed E-state index contributed by atoms with van der Waals surface area (Å²) in [7, 11) is 1.50. The lowest BCUT2D eigenvalue weighted by atomic mass is 10.1. The van der Waals surface area contributed by atoms with Gasteiger partial charge < -0.3 is 19.3 Å². The molecule has 1 aromatic carbocycles. The van der Waals surface area contributed by atoms with Gasteiger partial charge in [0.25, 0.3) is 0 Å². The lowest BCUT2D eigenvalue weighted by Gasteiger charge is -2.11. The average molecular weight is 479 g/mol. The molecule has 0 bridgehead atoms. The summed E-state index contributed by atoms with van der Waals surface area (Å²) in [6, 6.07) is 7.37. The van der Waals surface area contributed by atoms with Gasteiger partial charge in [-0.1, -0.05) is 6.07 Å². The van der Waals surface area contributed by atoms with Crippen molar-refractivity contribution >= 4 is 5.97 Å². The minimum absolute atomic E-state index is 0.00541. The lowest BCUT2D eigenvalue weighted by Crippen LogP contribution is -2.07. The van der Waals surface area contributed by atoms with E-state index < -0.39 is 17.7 Å². The first-order valence-corrected chi connectivity index (χ1v) is 10.5. The van der Waals surface area contributed by atoms with Crippen molar-refractivity contribution in [2.24, 2.45) is 0 Å². The van der Waals surface area contributed by atoms with Crippen molar-refractivity contribution in [1.82, 2.24) is 14.8 Å². The lowest BCUT2D eigenvalue weighted by molar-refractivity contribution is -0.138. The smallest absolute Gasteiger partial charge is 0.417 e. The van der Waals surface area contributed by atoms with Crippen LogP contribution in [-0.4, -0.2) is 46.2 Å². The van der Waals surface area contributed by atoms with Crippen LogP contribution in [0.3, 0.4) is 0 Å². The quantitative estimate of drug-likeness (QED) is 0.437. The summed E-state index contributed by atoms with van der Waals surface area (Å²) in [5.74, 6) is 0.761. The van der Waals surface area contributed by atoms with Crippen LogP contribution in [0.25, 0.3) is 5.82 Å². The Morgan fingerprint density at radius 3 is 2.53 bits per heavy atom. The van der Waals surface area contributed by atoms with Gasteiger partial charge in [-0.3, -0.25) is 4.79 Å². The number of benzene rings is 1. The molecule has 0 aliphatic heterocycles. The fourth-order valence-electron chi connectivity index (χ4n) is 3.17. The summed E-state index contributed by atoms with van der Waals surface area (Å²) in [6.07, 6.45) is -1.32. The zero-order chi connectivity index (χ0) is 24.7. The number of ether oxygens (including phenoxy) is 3. The Hall–Kier alpha value is -3.76. The van der Waals surface area contributed by atoms with Gasteiger partial charge in [0.1, 0.15) is 11.5 Å². The van der Waals surface area contributed by atoms with Gasteiger partial charge in [-0.15, -0.1) is 5.10 Å². The molecule has 0 saturated heterocycles. The summed E-state index contributed by atoms with van der Waals surface area (Å²) in [5.41, 5.74) is 0.626. The van der Waals surface area contributed by atoms with Gasteiger partial charge in [0.05, 0.1) is 25.9 Å². The van der Waals surface area contributed by atoms with E-state index >= 15 is 0 Å². The summed E-state index contributed by atoms with van der Waals surface area (Å²) in [5, 5.41) is 13.2. The monoisotopic (exact) mass is 479 g/mol. The molecular formula is C23H24F3N3O5. The van der Waals surface area contributed by atoms with Crippen molar-refractivity contribution in [1.29, 1.82) is 0 Å². The highest BCUT2D eigenvalue weighted by Gasteiger charge is 2.30. The molecule has 8 nitrogen and oxygen atoms in total. The topological polar surface area (TPSA) is 95.7 Å². The second-order valence-electron chi connectivity index (χ2n) is 7.21. The normalized spacial score (nSPS) is 11.3. The maximum atomic E-state index is 12.8. The molecule has 2 aromatic heterocycles. The van der Waals surface area contributed by atoms with E-state index in [-0.39, 0.29) is 18.8 Å². The van der Waals surface area contributed by atoms with Crippen molar-refractivity contribution < 1.29 is 37.3 Å². The summed E-state index contributed by atoms with van der Waals surface area (Å²) in [4.78, 5) is 14.7. The average Bonchev–Trinajstić information content (AvgIpc) is 3.20. The highest BCUT2D eigenvalue weighted by atomic mass is 19.4. The van der Waals surface area contributed by atoms with E-state index in [1.165, 1.54) is 17.9 Å². The van der Waals surface area contributed by atoms with Gasteiger partial charge in [-0.05, 0) is 37.1 Å². The first-order chi connectivity index (χ1) is 16.2. The predicted molar refractivity (Wildman–Crippen MR) is 116 cm³/mol. The van der Waals surface area contributed by atoms with Crippen molar-refractivity contribution in [2.45, 2.75) is 32.4 Å². The molecule has 34 heavy (non-hydrogen) atoms. The molecule has 3 rings (SSSR count). The molecule has 0 saturated carbocycles. The Bertz CT molecular complexity index is 1110. The maximum absolute atomic E-state index is 12.8. The molecule has 0 aliphatic rings. The van der Waals surface area contributed by atoms with Crippen LogP contribution in [0.1, 0.15) is 30.0 Å². The van der Waals surface area contributed by atoms with E-state index in [4.69, 9.17) is 19.3 Å². The van der Waals surface area contributed by atoms with Crippen LogP contribution in [0, 0.1) is 0 Å². The Labute approximate surface area is 193 Å². The summed E-state index contributed by atoms with van der Waals surface area (Å²) < 4.78 is 56.4. The molecule has 0 unspecified atom stereocenters. The number of carbonyl (C=O) groups is 1. The number of halogens is 3. The number of aryl methyl sites for hydroxylation is 1. The predicted octanol–water partition coefficient (Wildman–Crippen LogP) is 4.33. The van der Waals surface area contributed by atoms with Gasteiger partial charge in [0.15, 0.2) is 5.82 Å². The van der Waals surface area contributed by atoms with E-state index in [0.29, 0.717) is 42.4 Å². The Balaban J connectivity index is 1.68. The van der Waals surface area contributed by atoms with Gasteiger partial charge in [-0.2, -0.15) is 13.2 Å². The third kappa shape index (κ3) is 6.40. The molecule has 0 amide bonds. The van der Waals surface area contributed by atoms with Crippen LogP contribution in [0.4, 0.5) is 13.2 Å². The minimum Gasteiger partial charge on any atom is -0.496 e. The molecule has 0 spiro atoms. The second kappa shape index (κ2) is 10.9. The van der Waals surface area contributed by atoms with Crippen molar-refractivity contribution in [3.05, 3.63) is 59.4 Å². The van der Waals surface area contributed by atoms with E-state index in [2.05, 4.69) is 10.1 Å². The maximum Gasteiger partial charge on any atom is 0.417 e. The molecule has 0 radical (unpaired) electrons. The van der Waals surface area contributed by atoms with E-state index in [0.717, 1.165) is 17.8 Å². The number of carboxylic acid groups (broad SMARTS) is 1. The van der Waals surface area contributed by atoms with Crippen LogP contribution < -0.4 is 14.2 Å². The van der Waals surface area contributed by atoms with Gasteiger partial charge in [-0.25, -0.2) is 9.67 Å². The Morgan fingerprint density at radius 2 is 1.91 bits per heavy atom. The number of nitrogens with zero attached hydrogens (tertiary/aromatic N) is 3. The number of alkyl halides is 3. The zero-order valence-corrected chi connectivity index (χ0v) is 18.6. The number of rotatable bonds is 11. The van der Waals surface area contributed by atoms with Crippen LogP contribution in [-0.2, 0) is 23.8 Å². The van der Waals surface area contributed by atoms with E-state index in [9.17, 15) is 18.0 Å². The Morgan fingerprint density at radius 1 is 1.12 bits per heavy atom. The van der Waals surface area contributed by atoms with Gasteiger partial charge in [0, 0.05) is 36.9 Å². The van der Waals surface area contributed by atoms with Gasteiger partial charge in [0.2, 0.25) is 5.88 Å². The molecule has 2 heterocycles. The first kappa shape index (κ1) is 24.9. The third-order valence-electron chi connectivity index (χ3n) is 4.85. The number of hydrogen-bond acceptors (Lipinski definition) is 6. The zero-order valence-electron chi connectivity index (χ0n) is 18.6. The largest absolute Gasteiger partial charge is 0.496 e. The number of aromatic nitrogens is 3. The highest BCUT2D eigenvalue weighted by molar-refractivity contribution is 5.67. The summed E-state index contributed by atoms with van der Waals surface area (Å²) in [6.45, 7) is 2.43. The number of pyridine rings is 1. The first-order valence-electron chi connectivity index (χ1n) is 10.5. The fourth-order valence-corrected chi connectivity index (χ4v) is 3.17.